The van der Waals surface area contributed by atoms with E-state index in [0.29, 0.717) is 6.54 Å². The summed E-state index contributed by atoms with van der Waals surface area (Å²) in [7, 11) is 0. The van der Waals surface area contributed by atoms with E-state index in [1.54, 1.807) is 0 Å². The van der Waals surface area contributed by atoms with Gasteiger partial charge in [-0.15, -0.1) is 11.3 Å². The Morgan fingerprint density at radius 1 is 1.47 bits per heavy atom. The minimum Gasteiger partial charge on any atom is -0.477 e. The lowest BCUT2D eigenvalue weighted by atomic mass is 10.2. The van der Waals surface area contributed by atoms with E-state index in [-0.39, 0.29) is 17.2 Å². The lowest BCUT2D eigenvalue weighted by Crippen LogP contribution is -2.23. The molecule has 98 valence electrons. The molecule has 2 heterocycles. The SMILES string of the molecule is Cc1csc(CNC(=O)c2ccnc(C(=O)O)c2)n1. The number of hydrogen-bond donors (Lipinski definition) is 2. The van der Waals surface area contributed by atoms with Crippen LogP contribution < -0.4 is 5.32 Å². The fourth-order valence-electron chi connectivity index (χ4n) is 1.43. The summed E-state index contributed by atoms with van der Waals surface area (Å²) in [6.07, 6.45) is 1.30. The molecule has 2 rings (SSSR count). The molecule has 0 aromatic carbocycles. The van der Waals surface area contributed by atoms with Crippen molar-refractivity contribution < 1.29 is 14.7 Å². The molecule has 7 heteroatoms. The van der Waals surface area contributed by atoms with Gasteiger partial charge in [-0.3, -0.25) is 4.79 Å². The first-order valence-electron chi connectivity index (χ1n) is 5.45. The Morgan fingerprint density at radius 2 is 2.26 bits per heavy atom. The van der Waals surface area contributed by atoms with Crippen molar-refractivity contribution in [3.05, 3.63) is 45.7 Å². The van der Waals surface area contributed by atoms with Crippen molar-refractivity contribution in [1.29, 1.82) is 0 Å². The Kier molecular flexibility index (Phi) is 3.86. The van der Waals surface area contributed by atoms with Crippen LogP contribution in [-0.4, -0.2) is 27.0 Å². The Hall–Kier alpha value is -2.28. The highest BCUT2D eigenvalue weighted by molar-refractivity contribution is 7.09. The second-order valence-electron chi connectivity index (χ2n) is 3.80. The molecule has 0 aliphatic rings. The van der Waals surface area contributed by atoms with Gasteiger partial charge < -0.3 is 10.4 Å². The first-order chi connectivity index (χ1) is 9.06. The molecule has 0 atom stereocenters. The van der Waals surface area contributed by atoms with E-state index in [2.05, 4.69) is 15.3 Å². The third-order valence-electron chi connectivity index (χ3n) is 2.31. The summed E-state index contributed by atoms with van der Waals surface area (Å²) in [6.45, 7) is 2.20. The van der Waals surface area contributed by atoms with Crippen LogP contribution in [0.2, 0.25) is 0 Å². The molecule has 6 nitrogen and oxygen atoms in total. The maximum absolute atomic E-state index is 11.8. The molecular formula is C12H11N3O3S. The quantitative estimate of drug-likeness (QED) is 0.883. The van der Waals surface area contributed by atoms with E-state index < -0.39 is 5.97 Å². The summed E-state index contributed by atoms with van der Waals surface area (Å²) in [6, 6.07) is 2.71. The molecule has 0 spiro atoms. The van der Waals surface area contributed by atoms with Crippen LogP contribution in [0.15, 0.2) is 23.7 Å². The number of carboxylic acid groups (broad SMARTS) is 1. The number of pyridine rings is 1. The lowest BCUT2D eigenvalue weighted by molar-refractivity contribution is 0.0690. The number of hydrogen-bond acceptors (Lipinski definition) is 5. The van der Waals surface area contributed by atoms with Crippen LogP contribution in [-0.2, 0) is 6.54 Å². The van der Waals surface area contributed by atoms with Gasteiger partial charge in [0, 0.05) is 22.8 Å². The second kappa shape index (κ2) is 5.57. The fourth-order valence-corrected chi connectivity index (χ4v) is 2.14. The molecular weight excluding hydrogens is 266 g/mol. The summed E-state index contributed by atoms with van der Waals surface area (Å²) in [5.41, 5.74) is 1.02. The smallest absolute Gasteiger partial charge is 0.354 e. The number of amides is 1. The molecule has 0 radical (unpaired) electrons. The van der Waals surface area contributed by atoms with Gasteiger partial charge in [0.05, 0.1) is 6.54 Å². The van der Waals surface area contributed by atoms with Crippen LogP contribution in [0.4, 0.5) is 0 Å². The molecule has 0 aliphatic heterocycles. The molecule has 1 amide bonds. The normalized spacial score (nSPS) is 10.2. The number of carbonyl (C=O) groups excluding carboxylic acids is 1. The zero-order valence-corrected chi connectivity index (χ0v) is 10.9. The zero-order chi connectivity index (χ0) is 13.8. The average Bonchev–Trinajstić information content (AvgIpc) is 2.82. The van der Waals surface area contributed by atoms with Crippen molar-refractivity contribution in [2.45, 2.75) is 13.5 Å². The molecule has 0 bridgehead atoms. The molecule has 2 aromatic rings. The number of rotatable bonds is 4. The minimum atomic E-state index is -1.16. The topological polar surface area (TPSA) is 92.2 Å². The van der Waals surface area contributed by atoms with Gasteiger partial charge in [-0.05, 0) is 19.1 Å². The van der Waals surface area contributed by atoms with Crippen molar-refractivity contribution in [3.8, 4) is 0 Å². The van der Waals surface area contributed by atoms with Crippen LogP contribution in [0, 0.1) is 6.92 Å². The van der Waals surface area contributed by atoms with Crippen molar-refractivity contribution in [3.63, 3.8) is 0 Å². The average molecular weight is 277 g/mol. The predicted molar refractivity (Wildman–Crippen MR) is 69.2 cm³/mol. The van der Waals surface area contributed by atoms with Gasteiger partial charge in [0.1, 0.15) is 10.7 Å². The largest absolute Gasteiger partial charge is 0.477 e. The maximum atomic E-state index is 11.8. The maximum Gasteiger partial charge on any atom is 0.354 e. The molecule has 0 saturated carbocycles. The van der Waals surface area contributed by atoms with Crippen molar-refractivity contribution in [2.24, 2.45) is 0 Å². The molecule has 2 aromatic heterocycles. The monoisotopic (exact) mass is 277 g/mol. The first-order valence-corrected chi connectivity index (χ1v) is 6.33. The predicted octanol–water partition coefficient (Wildman–Crippen LogP) is 1.47. The third-order valence-corrected chi connectivity index (χ3v) is 3.27. The summed E-state index contributed by atoms with van der Waals surface area (Å²) < 4.78 is 0. The van der Waals surface area contributed by atoms with Gasteiger partial charge in [0.25, 0.3) is 5.91 Å². The molecule has 0 unspecified atom stereocenters. The number of nitrogens with zero attached hydrogens (tertiary/aromatic N) is 2. The molecule has 2 N–H and O–H groups in total. The van der Waals surface area contributed by atoms with Gasteiger partial charge in [-0.1, -0.05) is 0 Å². The van der Waals surface area contributed by atoms with E-state index in [1.165, 1.54) is 29.7 Å². The molecule has 0 aliphatic carbocycles. The van der Waals surface area contributed by atoms with Gasteiger partial charge in [0.15, 0.2) is 0 Å². The van der Waals surface area contributed by atoms with Crippen LogP contribution in [0.1, 0.15) is 31.5 Å². The van der Waals surface area contributed by atoms with Crippen LogP contribution >= 0.6 is 11.3 Å². The molecule has 19 heavy (non-hydrogen) atoms. The van der Waals surface area contributed by atoms with E-state index in [0.717, 1.165) is 10.7 Å². The van der Waals surface area contributed by atoms with Crippen LogP contribution in [0.25, 0.3) is 0 Å². The van der Waals surface area contributed by atoms with Crippen LogP contribution in [0.5, 0.6) is 0 Å². The molecule has 0 fully saturated rings. The van der Waals surface area contributed by atoms with Crippen molar-refractivity contribution in [1.82, 2.24) is 15.3 Å². The standard InChI is InChI=1S/C12H11N3O3S/c1-7-6-19-10(15-7)5-14-11(16)8-2-3-13-9(4-8)12(17)18/h2-4,6H,5H2,1H3,(H,14,16)(H,17,18). The number of thiazole rings is 1. The summed E-state index contributed by atoms with van der Waals surface area (Å²) in [5, 5.41) is 14.2. The van der Waals surface area contributed by atoms with E-state index in [9.17, 15) is 9.59 Å². The van der Waals surface area contributed by atoms with E-state index in [4.69, 9.17) is 5.11 Å². The van der Waals surface area contributed by atoms with E-state index >= 15 is 0 Å². The number of nitrogens with one attached hydrogen (secondary N) is 1. The summed E-state index contributed by atoms with van der Waals surface area (Å²) in [5.74, 6) is -1.51. The summed E-state index contributed by atoms with van der Waals surface area (Å²) in [4.78, 5) is 30.5. The summed E-state index contributed by atoms with van der Waals surface area (Å²) >= 11 is 1.46. The number of carboxylic acids is 1. The lowest BCUT2D eigenvalue weighted by Gasteiger charge is -2.03. The molecule has 0 saturated heterocycles. The Labute approximate surface area is 113 Å². The van der Waals surface area contributed by atoms with Crippen molar-refractivity contribution >= 4 is 23.2 Å². The fraction of sp³-hybridized carbons (Fsp3) is 0.167. The highest BCUT2D eigenvalue weighted by Crippen LogP contribution is 2.08. The highest BCUT2D eigenvalue weighted by atomic mass is 32.1. The number of aryl methyl sites for hydroxylation is 1. The zero-order valence-electron chi connectivity index (χ0n) is 10.1. The van der Waals surface area contributed by atoms with Gasteiger partial charge >= 0.3 is 5.97 Å². The van der Waals surface area contributed by atoms with Crippen LogP contribution in [0.3, 0.4) is 0 Å². The second-order valence-corrected chi connectivity index (χ2v) is 4.74. The Balaban J connectivity index is 2.03. The first kappa shape index (κ1) is 13.2. The Bertz CT molecular complexity index is 624. The number of aromatic nitrogens is 2. The third kappa shape index (κ3) is 3.35. The number of carbonyl (C=O) groups is 2. The number of aromatic carboxylic acids is 1. The van der Waals surface area contributed by atoms with Gasteiger partial charge in [0.2, 0.25) is 0 Å². The van der Waals surface area contributed by atoms with Gasteiger partial charge in [-0.2, -0.15) is 0 Å². The Morgan fingerprint density at radius 3 is 2.89 bits per heavy atom. The minimum absolute atomic E-state index is 0.155. The van der Waals surface area contributed by atoms with Gasteiger partial charge in [-0.25, -0.2) is 14.8 Å². The van der Waals surface area contributed by atoms with E-state index in [1.807, 2.05) is 12.3 Å². The van der Waals surface area contributed by atoms with Crippen molar-refractivity contribution in [2.75, 3.05) is 0 Å². The highest BCUT2D eigenvalue weighted by Gasteiger charge is 2.10.